The summed E-state index contributed by atoms with van der Waals surface area (Å²) in [7, 11) is 1.72. The molecule has 1 aromatic heterocycles. The summed E-state index contributed by atoms with van der Waals surface area (Å²) >= 11 is 0. The molecule has 5 nitrogen and oxygen atoms in total. The first-order valence-electron chi connectivity index (χ1n) is 5.55. The highest BCUT2D eigenvalue weighted by molar-refractivity contribution is 6.04. The second-order valence-electron chi connectivity index (χ2n) is 4.24. The second kappa shape index (κ2) is 4.42. The van der Waals surface area contributed by atoms with Crippen LogP contribution in [0.2, 0.25) is 0 Å². The fourth-order valence-corrected chi connectivity index (χ4v) is 2.05. The summed E-state index contributed by atoms with van der Waals surface area (Å²) in [5.74, 6) is 0.211. The average Bonchev–Trinajstić information content (AvgIpc) is 2.84. The quantitative estimate of drug-likeness (QED) is 0.841. The Bertz CT molecular complexity index is 533. The molecule has 2 rings (SSSR count). The number of hydrogen-bond donors (Lipinski definition) is 1. The van der Waals surface area contributed by atoms with E-state index in [2.05, 4.69) is 10.4 Å². The molecule has 1 amide bonds. The summed E-state index contributed by atoms with van der Waals surface area (Å²) < 4.78 is 1.52. The van der Waals surface area contributed by atoms with E-state index in [0.29, 0.717) is 11.4 Å². The van der Waals surface area contributed by atoms with Crippen LogP contribution in [0, 0.1) is 11.3 Å². The Balaban J connectivity index is 2.19. The number of allylic oxidation sites excluding steroid dienone is 1. The van der Waals surface area contributed by atoms with Crippen LogP contribution in [0.3, 0.4) is 0 Å². The predicted octanol–water partition coefficient (Wildman–Crippen LogP) is 1.73. The van der Waals surface area contributed by atoms with Crippen LogP contribution in [0.15, 0.2) is 17.3 Å². The van der Waals surface area contributed by atoms with Gasteiger partial charge in [-0.05, 0) is 26.2 Å². The van der Waals surface area contributed by atoms with Crippen LogP contribution in [0.4, 0.5) is 5.82 Å². The Morgan fingerprint density at radius 3 is 2.94 bits per heavy atom. The summed E-state index contributed by atoms with van der Waals surface area (Å²) in [6.07, 6.45) is 4.41. The fraction of sp³-hybridized carbons (Fsp3) is 0.417. The van der Waals surface area contributed by atoms with E-state index in [0.717, 1.165) is 30.4 Å². The standard InChI is InChI=1S/C12H14N4O/c1-8-4-3-5-10(8)12(17)14-11-9(6-13)7-16(2)15-11/h7H,3-5H2,1-2H3,(H,14,15,17). The zero-order chi connectivity index (χ0) is 12.4. The molecule has 1 aliphatic carbocycles. The first kappa shape index (κ1) is 11.4. The van der Waals surface area contributed by atoms with E-state index < -0.39 is 0 Å². The largest absolute Gasteiger partial charge is 0.304 e. The van der Waals surface area contributed by atoms with Crippen molar-refractivity contribution in [2.75, 3.05) is 5.32 Å². The zero-order valence-electron chi connectivity index (χ0n) is 9.95. The smallest absolute Gasteiger partial charge is 0.252 e. The third-order valence-electron chi connectivity index (χ3n) is 2.95. The van der Waals surface area contributed by atoms with Gasteiger partial charge in [-0.15, -0.1) is 0 Å². The molecule has 0 aromatic carbocycles. The first-order valence-corrected chi connectivity index (χ1v) is 5.55. The molecule has 0 radical (unpaired) electrons. The molecule has 1 N–H and O–H groups in total. The molecule has 1 heterocycles. The lowest BCUT2D eigenvalue weighted by Gasteiger charge is -2.04. The van der Waals surface area contributed by atoms with Crippen LogP contribution in [0.5, 0.6) is 0 Å². The Kier molecular flexibility index (Phi) is 2.96. The molecule has 0 atom stereocenters. The lowest BCUT2D eigenvalue weighted by Crippen LogP contribution is -2.15. The highest BCUT2D eigenvalue weighted by atomic mass is 16.1. The predicted molar refractivity (Wildman–Crippen MR) is 63.1 cm³/mol. The van der Waals surface area contributed by atoms with Gasteiger partial charge in [-0.1, -0.05) is 5.57 Å². The van der Waals surface area contributed by atoms with Gasteiger partial charge in [0, 0.05) is 18.8 Å². The lowest BCUT2D eigenvalue weighted by atomic mass is 10.1. The topological polar surface area (TPSA) is 70.7 Å². The summed E-state index contributed by atoms with van der Waals surface area (Å²) in [6.45, 7) is 1.98. The van der Waals surface area contributed by atoms with Gasteiger partial charge in [0.25, 0.3) is 5.91 Å². The monoisotopic (exact) mass is 230 g/mol. The molecule has 0 fully saturated rings. The molecule has 5 heteroatoms. The van der Waals surface area contributed by atoms with Crippen LogP contribution in [0.1, 0.15) is 31.7 Å². The molecular formula is C12H14N4O. The number of carbonyl (C=O) groups is 1. The second-order valence-corrected chi connectivity index (χ2v) is 4.24. The SMILES string of the molecule is CC1=C(C(=O)Nc2nn(C)cc2C#N)CCC1. The van der Waals surface area contributed by atoms with Gasteiger partial charge >= 0.3 is 0 Å². The van der Waals surface area contributed by atoms with Crippen molar-refractivity contribution >= 4 is 11.7 Å². The molecule has 0 spiro atoms. The number of nitriles is 1. The van der Waals surface area contributed by atoms with Crippen molar-refractivity contribution in [1.29, 1.82) is 5.26 Å². The normalized spacial score (nSPS) is 14.9. The van der Waals surface area contributed by atoms with Crippen LogP contribution >= 0.6 is 0 Å². The van der Waals surface area contributed by atoms with E-state index in [1.54, 1.807) is 13.2 Å². The Labute approximate surface area is 99.7 Å². The van der Waals surface area contributed by atoms with E-state index in [1.165, 1.54) is 4.68 Å². The third-order valence-corrected chi connectivity index (χ3v) is 2.95. The lowest BCUT2D eigenvalue weighted by molar-refractivity contribution is -0.113. The Morgan fingerprint density at radius 1 is 1.59 bits per heavy atom. The molecule has 17 heavy (non-hydrogen) atoms. The van der Waals surface area contributed by atoms with E-state index in [1.807, 2.05) is 13.0 Å². The number of rotatable bonds is 2. The van der Waals surface area contributed by atoms with Crippen molar-refractivity contribution in [3.05, 3.63) is 22.9 Å². The van der Waals surface area contributed by atoms with Crippen molar-refractivity contribution in [3.8, 4) is 6.07 Å². The van der Waals surface area contributed by atoms with Crippen LogP contribution in [-0.2, 0) is 11.8 Å². The van der Waals surface area contributed by atoms with Crippen molar-refractivity contribution in [2.24, 2.45) is 7.05 Å². The molecular weight excluding hydrogens is 216 g/mol. The average molecular weight is 230 g/mol. The maximum absolute atomic E-state index is 12.0. The van der Waals surface area contributed by atoms with Gasteiger partial charge in [0.05, 0.1) is 0 Å². The van der Waals surface area contributed by atoms with E-state index >= 15 is 0 Å². The van der Waals surface area contributed by atoms with E-state index in [-0.39, 0.29) is 5.91 Å². The maximum Gasteiger partial charge on any atom is 0.252 e. The zero-order valence-corrected chi connectivity index (χ0v) is 9.95. The molecule has 1 aromatic rings. The van der Waals surface area contributed by atoms with Crippen LogP contribution in [-0.4, -0.2) is 15.7 Å². The number of carbonyl (C=O) groups excluding carboxylic acids is 1. The number of nitrogens with one attached hydrogen (secondary N) is 1. The van der Waals surface area contributed by atoms with Gasteiger partial charge in [0.2, 0.25) is 0 Å². The van der Waals surface area contributed by atoms with Gasteiger partial charge in [0.15, 0.2) is 5.82 Å². The molecule has 88 valence electrons. The number of hydrogen-bond acceptors (Lipinski definition) is 3. The third kappa shape index (κ3) is 2.21. The van der Waals surface area contributed by atoms with Crippen molar-refractivity contribution in [2.45, 2.75) is 26.2 Å². The maximum atomic E-state index is 12.0. The Hall–Kier alpha value is -2.09. The molecule has 0 saturated heterocycles. The molecule has 1 aliphatic rings. The molecule has 0 unspecified atom stereocenters. The summed E-state index contributed by atoms with van der Waals surface area (Å²) in [4.78, 5) is 12.0. The molecule has 0 saturated carbocycles. The molecule has 0 aliphatic heterocycles. The number of nitrogens with zero attached hydrogens (tertiary/aromatic N) is 3. The van der Waals surface area contributed by atoms with Gasteiger partial charge in [-0.3, -0.25) is 9.48 Å². The van der Waals surface area contributed by atoms with Crippen molar-refractivity contribution in [1.82, 2.24) is 9.78 Å². The Morgan fingerprint density at radius 2 is 2.35 bits per heavy atom. The van der Waals surface area contributed by atoms with Gasteiger partial charge in [-0.25, -0.2) is 0 Å². The van der Waals surface area contributed by atoms with Gasteiger partial charge < -0.3 is 5.32 Å². The van der Waals surface area contributed by atoms with Crippen LogP contribution < -0.4 is 5.32 Å². The van der Waals surface area contributed by atoms with Crippen molar-refractivity contribution < 1.29 is 4.79 Å². The minimum absolute atomic E-state index is 0.129. The number of anilines is 1. The number of amides is 1. The minimum Gasteiger partial charge on any atom is -0.304 e. The highest BCUT2D eigenvalue weighted by Crippen LogP contribution is 2.26. The fourth-order valence-electron chi connectivity index (χ4n) is 2.05. The minimum atomic E-state index is -0.129. The number of aromatic nitrogens is 2. The number of aryl methyl sites for hydroxylation is 1. The van der Waals surface area contributed by atoms with Gasteiger partial charge in [0.1, 0.15) is 11.6 Å². The van der Waals surface area contributed by atoms with Gasteiger partial charge in [-0.2, -0.15) is 10.4 Å². The summed E-state index contributed by atoms with van der Waals surface area (Å²) in [5.41, 5.74) is 2.36. The van der Waals surface area contributed by atoms with E-state index in [9.17, 15) is 4.79 Å². The van der Waals surface area contributed by atoms with Crippen LogP contribution in [0.25, 0.3) is 0 Å². The highest BCUT2D eigenvalue weighted by Gasteiger charge is 2.19. The summed E-state index contributed by atoms with van der Waals surface area (Å²) in [5, 5.41) is 15.7. The van der Waals surface area contributed by atoms with E-state index in [4.69, 9.17) is 5.26 Å². The molecule has 0 bridgehead atoms. The summed E-state index contributed by atoms with van der Waals surface area (Å²) in [6, 6.07) is 2.01. The first-order chi connectivity index (χ1) is 8.11. The van der Waals surface area contributed by atoms with Crippen molar-refractivity contribution in [3.63, 3.8) is 0 Å².